The summed E-state index contributed by atoms with van der Waals surface area (Å²) in [6.07, 6.45) is 2.60. The van der Waals surface area contributed by atoms with Crippen molar-refractivity contribution in [1.82, 2.24) is 4.90 Å². The SMILES string of the molecule is COC(=O)C1CCCCN1C(=O)CSc1ccc(Br)cc1C. The molecule has 6 heteroatoms. The van der Waals surface area contributed by atoms with Gasteiger partial charge >= 0.3 is 5.97 Å². The molecule has 0 saturated carbocycles. The highest BCUT2D eigenvalue weighted by molar-refractivity contribution is 9.10. The Morgan fingerprint density at radius 3 is 2.86 bits per heavy atom. The number of halogens is 1. The highest BCUT2D eigenvalue weighted by Crippen LogP contribution is 2.27. The summed E-state index contributed by atoms with van der Waals surface area (Å²) in [6.45, 7) is 2.66. The van der Waals surface area contributed by atoms with Crippen LogP contribution in [0, 0.1) is 6.92 Å². The van der Waals surface area contributed by atoms with Crippen molar-refractivity contribution in [2.24, 2.45) is 0 Å². The Bertz CT molecular complexity index is 564. The summed E-state index contributed by atoms with van der Waals surface area (Å²) in [5.74, 6) is 0.0379. The number of hydrogen-bond acceptors (Lipinski definition) is 4. The quantitative estimate of drug-likeness (QED) is 0.588. The van der Waals surface area contributed by atoms with Gasteiger partial charge in [-0.3, -0.25) is 4.79 Å². The molecule has 1 heterocycles. The zero-order chi connectivity index (χ0) is 16.1. The second-order valence-corrected chi connectivity index (χ2v) is 7.25. The van der Waals surface area contributed by atoms with Crippen LogP contribution >= 0.6 is 27.7 Å². The molecule has 1 unspecified atom stereocenters. The van der Waals surface area contributed by atoms with E-state index in [0.29, 0.717) is 18.7 Å². The molecular formula is C16H20BrNO3S. The number of aryl methyl sites for hydroxylation is 1. The lowest BCUT2D eigenvalue weighted by molar-refractivity contribution is -0.153. The smallest absolute Gasteiger partial charge is 0.328 e. The van der Waals surface area contributed by atoms with Gasteiger partial charge in [0.1, 0.15) is 6.04 Å². The number of thioether (sulfide) groups is 1. The number of piperidine rings is 1. The minimum Gasteiger partial charge on any atom is -0.467 e. The number of amides is 1. The van der Waals surface area contributed by atoms with Gasteiger partial charge in [-0.25, -0.2) is 4.79 Å². The van der Waals surface area contributed by atoms with Crippen molar-refractivity contribution < 1.29 is 14.3 Å². The lowest BCUT2D eigenvalue weighted by atomic mass is 10.0. The topological polar surface area (TPSA) is 46.6 Å². The first-order valence-corrected chi connectivity index (χ1v) is 9.07. The van der Waals surface area contributed by atoms with E-state index >= 15 is 0 Å². The Morgan fingerprint density at radius 2 is 2.18 bits per heavy atom. The monoisotopic (exact) mass is 385 g/mol. The fraction of sp³-hybridized carbons (Fsp3) is 0.500. The molecule has 1 saturated heterocycles. The van der Waals surface area contributed by atoms with Crippen LogP contribution in [-0.2, 0) is 14.3 Å². The molecule has 1 aromatic rings. The molecule has 120 valence electrons. The molecule has 1 aromatic carbocycles. The maximum absolute atomic E-state index is 12.5. The van der Waals surface area contributed by atoms with E-state index in [-0.39, 0.29) is 11.9 Å². The summed E-state index contributed by atoms with van der Waals surface area (Å²) in [5.41, 5.74) is 1.13. The van der Waals surface area contributed by atoms with Gasteiger partial charge in [-0.1, -0.05) is 15.9 Å². The van der Waals surface area contributed by atoms with E-state index in [2.05, 4.69) is 15.9 Å². The van der Waals surface area contributed by atoms with Crippen LogP contribution in [0.25, 0.3) is 0 Å². The van der Waals surface area contributed by atoms with Crippen molar-refractivity contribution >= 4 is 39.6 Å². The standard InChI is InChI=1S/C16H20BrNO3S/c1-11-9-12(17)6-7-14(11)22-10-15(19)18-8-4-3-5-13(18)16(20)21-2/h6-7,9,13H,3-5,8,10H2,1-2H3. The number of rotatable bonds is 4. The van der Waals surface area contributed by atoms with Crippen molar-refractivity contribution in [3.05, 3.63) is 28.2 Å². The van der Waals surface area contributed by atoms with Crippen LogP contribution in [0.1, 0.15) is 24.8 Å². The largest absolute Gasteiger partial charge is 0.467 e. The molecule has 0 radical (unpaired) electrons. The van der Waals surface area contributed by atoms with Gasteiger partial charge in [0, 0.05) is 15.9 Å². The molecule has 1 fully saturated rings. The predicted molar refractivity (Wildman–Crippen MR) is 91.0 cm³/mol. The summed E-state index contributed by atoms with van der Waals surface area (Å²) >= 11 is 4.95. The molecule has 0 bridgehead atoms. The number of carbonyl (C=O) groups is 2. The number of esters is 1. The number of nitrogens with zero attached hydrogens (tertiary/aromatic N) is 1. The zero-order valence-corrected chi connectivity index (χ0v) is 15.2. The molecule has 1 aliphatic rings. The number of benzene rings is 1. The average molecular weight is 386 g/mol. The third-order valence-corrected chi connectivity index (χ3v) is 5.44. The third-order valence-electron chi connectivity index (χ3n) is 3.78. The number of likely N-dealkylation sites (tertiary alicyclic amines) is 1. The minimum absolute atomic E-state index is 0.00224. The summed E-state index contributed by atoms with van der Waals surface area (Å²) in [7, 11) is 1.37. The molecule has 4 nitrogen and oxygen atoms in total. The molecule has 0 N–H and O–H groups in total. The maximum atomic E-state index is 12.5. The van der Waals surface area contributed by atoms with E-state index in [0.717, 1.165) is 27.8 Å². The Labute approximate surface area is 143 Å². The Balaban J connectivity index is 1.99. The number of hydrogen-bond donors (Lipinski definition) is 0. The van der Waals surface area contributed by atoms with Crippen LogP contribution in [0.15, 0.2) is 27.6 Å². The third kappa shape index (κ3) is 4.26. The van der Waals surface area contributed by atoms with Gasteiger partial charge in [-0.05, 0) is 49.9 Å². The summed E-state index contributed by atoms with van der Waals surface area (Å²) in [5, 5.41) is 0. The molecule has 0 spiro atoms. The molecule has 22 heavy (non-hydrogen) atoms. The number of methoxy groups -OCH3 is 1. The van der Waals surface area contributed by atoms with E-state index in [1.807, 2.05) is 25.1 Å². The molecule has 0 aliphatic carbocycles. The van der Waals surface area contributed by atoms with E-state index in [4.69, 9.17) is 4.74 Å². The van der Waals surface area contributed by atoms with E-state index in [1.54, 1.807) is 4.90 Å². The van der Waals surface area contributed by atoms with Gasteiger partial charge < -0.3 is 9.64 Å². The van der Waals surface area contributed by atoms with Crippen LogP contribution in [-0.4, -0.2) is 42.2 Å². The Hall–Kier alpha value is -1.01. The van der Waals surface area contributed by atoms with Crippen LogP contribution in [0.4, 0.5) is 0 Å². The Morgan fingerprint density at radius 1 is 1.41 bits per heavy atom. The van der Waals surface area contributed by atoms with Gasteiger partial charge in [0.05, 0.1) is 12.9 Å². The van der Waals surface area contributed by atoms with E-state index in [9.17, 15) is 9.59 Å². The van der Waals surface area contributed by atoms with Gasteiger partial charge in [-0.2, -0.15) is 0 Å². The molecule has 1 atom stereocenters. The van der Waals surface area contributed by atoms with Gasteiger partial charge in [0.15, 0.2) is 0 Å². The molecule has 1 aliphatic heterocycles. The Kier molecular flexibility index (Phi) is 6.32. The fourth-order valence-corrected chi connectivity index (χ4v) is 3.98. The first-order chi connectivity index (χ1) is 10.5. The first kappa shape index (κ1) is 17.3. The van der Waals surface area contributed by atoms with E-state index in [1.165, 1.54) is 18.9 Å². The van der Waals surface area contributed by atoms with Crippen molar-refractivity contribution in [3.63, 3.8) is 0 Å². The summed E-state index contributed by atoms with van der Waals surface area (Å²) < 4.78 is 5.85. The normalized spacial score (nSPS) is 18.1. The highest BCUT2D eigenvalue weighted by atomic mass is 79.9. The van der Waals surface area contributed by atoms with Crippen molar-refractivity contribution in [1.29, 1.82) is 0 Å². The van der Waals surface area contributed by atoms with Crippen molar-refractivity contribution in [2.75, 3.05) is 19.4 Å². The fourth-order valence-electron chi connectivity index (χ4n) is 2.61. The van der Waals surface area contributed by atoms with Crippen molar-refractivity contribution in [2.45, 2.75) is 37.1 Å². The summed E-state index contributed by atoms with van der Waals surface area (Å²) in [4.78, 5) is 27.1. The second kappa shape index (κ2) is 8.02. The molecule has 2 rings (SSSR count). The molecule has 0 aromatic heterocycles. The maximum Gasteiger partial charge on any atom is 0.328 e. The van der Waals surface area contributed by atoms with Crippen LogP contribution in [0.2, 0.25) is 0 Å². The minimum atomic E-state index is -0.419. The van der Waals surface area contributed by atoms with Crippen LogP contribution in [0.5, 0.6) is 0 Å². The predicted octanol–water partition coefficient (Wildman–Crippen LogP) is 3.40. The van der Waals surface area contributed by atoms with Crippen LogP contribution in [0.3, 0.4) is 0 Å². The average Bonchev–Trinajstić information content (AvgIpc) is 2.53. The second-order valence-electron chi connectivity index (χ2n) is 5.32. The lowest BCUT2D eigenvalue weighted by Gasteiger charge is -2.33. The number of ether oxygens (including phenoxy) is 1. The first-order valence-electron chi connectivity index (χ1n) is 7.29. The lowest BCUT2D eigenvalue weighted by Crippen LogP contribution is -2.49. The van der Waals surface area contributed by atoms with Gasteiger partial charge in [0.25, 0.3) is 0 Å². The van der Waals surface area contributed by atoms with Crippen LogP contribution < -0.4 is 0 Å². The highest BCUT2D eigenvalue weighted by Gasteiger charge is 2.32. The zero-order valence-electron chi connectivity index (χ0n) is 12.8. The van der Waals surface area contributed by atoms with E-state index < -0.39 is 6.04 Å². The molecule has 1 amide bonds. The van der Waals surface area contributed by atoms with Crippen molar-refractivity contribution in [3.8, 4) is 0 Å². The summed E-state index contributed by atoms with van der Waals surface area (Å²) in [6, 6.07) is 5.59. The number of carbonyl (C=O) groups excluding carboxylic acids is 2. The molecular weight excluding hydrogens is 366 g/mol. The van der Waals surface area contributed by atoms with Gasteiger partial charge in [0.2, 0.25) is 5.91 Å². The van der Waals surface area contributed by atoms with Gasteiger partial charge in [-0.15, -0.1) is 11.8 Å².